The van der Waals surface area contributed by atoms with Crippen LogP contribution in [0.1, 0.15) is 37.5 Å². The van der Waals surface area contributed by atoms with Crippen LogP contribution < -0.4 is 20.1 Å². The van der Waals surface area contributed by atoms with Crippen LogP contribution in [-0.2, 0) is 37.4 Å². The normalized spacial score (nSPS) is 35.5. The maximum Gasteiger partial charge on any atom is 0.223 e. The van der Waals surface area contributed by atoms with E-state index in [1.165, 1.54) is 13.8 Å². The molecule has 0 bridgehead atoms. The number of aliphatic hydroxyl groups excluding tert-OH is 6. The Labute approximate surface area is 283 Å². The van der Waals surface area contributed by atoms with Gasteiger partial charge < -0.3 is 60.2 Å². The van der Waals surface area contributed by atoms with Crippen molar-refractivity contribution in [3.8, 4) is 22.6 Å². The number of hydrogen-bond acceptors (Lipinski definition) is 13. The van der Waals surface area contributed by atoms with Crippen molar-refractivity contribution < 1.29 is 59.2 Å². The Morgan fingerprint density at radius 2 is 1.43 bits per heavy atom. The molecule has 2 fully saturated rings. The lowest BCUT2D eigenvalue weighted by molar-refractivity contribution is -0.249. The molecule has 2 aromatic carbocycles. The summed E-state index contributed by atoms with van der Waals surface area (Å²) in [6, 6.07) is 6.95. The molecule has 11 atom stereocenters. The van der Waals surface area contributed by atoms with Gasteiger partial charge in [0.1, 0.15) is 48.7 Å². The number of nitrogens with zero attached hydrogens (tertiary/aromatic N) is 1. The van der Waals surface area contributed by atoms with Crippen LogP contribution in [0.2, 0.25) is 0 Å². The highest BCUT2D eigenvalue weighted by atomic mass is 16.7. The molecular formula is C34H45N3O12. The zero-order valence-electron chi connectivity index (χ0n) is 27.8. The second kappa shape index (κ2) is 13.7. The highest BCUT2D eigenvalue weighted by molar-refractivity contribution is 5.83. The number of hydrogen-bond donors (Lipinski definition) is 8. The van der Waals surface area contributed by atoms with E-state index in [4.69, 9.17) is 18.9 Å². The van der Waals surface area contributed by atoms with Crippen LogP contribution in [0.3, 0.4) is 0 Å². The number of rotatable bonds is 8. The molecule has 3 heterocycles. The molecule has 49 heavy (non-hydrogen) atoms. The van der Waals surface area contributed by atoms with Crippen molar-refractivity contribution in [3.05, 3.63) is 47.0 Å². The molecule has 0 radical (unpaired) electrons. The molecule has 0 spiro atoms. The lowest BCUT2D eigenvalue weighted by atomic mass is 9.69. The number of benzene rings is 2. The van der Waals surface area contributed by atoms with E-state index in [1.54, 1.807) is 6.07 Å². The van der Waals surface area contributed by atoms with Crippen molar-refractivity contribution in [1.82, 2.24) is 15.5 Å². The molecule has 0 saturated carbocycles. The maximum atomic E-state index is 12.2. The number of carbonyl (C=O) groups excluding carboxylic acids is 2. The predicted octanol–water partition coefficient (Wildman–Crippen LogP) is -1.74. The molecule has 2 aromatic rings. The third kappa shape index (κ3) is 6.28. The molecule has 2 amide bonds. The summed E-state index contributed by atoms with van der Waals surface area (Å²) < 4.78 is 24.8. The molecule has 15 heteroatoms. The lowest BCUT2D eigenvalue weighted by Gasteiger charge is -2.49. The van der Waals surface area contributed by atoms with Crippen molar-refractivity contribution in [2.45, 2.75) is 100 Å². The fourth-order valence-corrected chi connectivity index (χ4v) is 7.61. The van der Waals surface area contributed by atoms with Gasteiger partial charge in [0.2, 0.25) is 24.4 Å². The molecule has 8 N–H and O–H groups in total. The predicted molar refractivity (Wildman–Crippen MR) is 171 cm³/mol. The minimum atomic E-state index is -1.59. The standard InChI is InChI=1S/C34H45N3O12/c1-15(40)35-25-29(44)27(42)21(13-38)47-32(25)46-20-9-8-18-12-34(3)24-17(10-11-37(34)4)6-5-7-19(24)23(18)31(20)49-33-26(36-16(2)41)30(45)28(43)22(14-39)48-33/h5-9,21-22,25-30,32-33,38-39,42-45H,10-14H2,1-4H3,(H,35,40)(H,36,41). The summed E-state index contributed by atoms with van der Waals surface area (Å²) in [6.45, 7) is 4.19. The second-order valence-corrected chi connectivity index (χ2v) is 13.5. The average molecular weight is 688 g/mol. The van der Waals surface area contributed by atoms with E-state index in [-0.39, 0.29) is 17.0 Å². The Hall–Kier alpha value is -3.38. The van der Waals surface area contributed by atoms with E-state index >= 15 is 0 Å². The molecule has 268 valence electrons. The van der Waals surface area contributed by atoms with E-state index in [0.717, 1.165) is 35.2 Å². The van der Waals surface area contributed by atoms with Crippen LogP contribution in [0.4, 0.5) is 0 Å². The number of likely N-dealkylation sites (N-methyl/N-ethyl adjacent to an activating group) is 1. The summed E-state index contributed by atoms with van der Waals surface area (Å²) in [6.07, 6.45) is -10.2. The highest BCUT2D eigenvalue weighted by Gasteiger charge is 2.50. The number of fused-ring (bicyclic) bond motifs is 2. The smallest absolute Gasteiger partial charge is 0.223 e. The molecular weight excluding hydrogens is 642 g/mol. The first-order chi connectivity index (χ1) is 23.3. The number of amides is 2. The van der Waals surface area contributed by atoms with E-state index in [9.17, 15) is 40.2 Å². The summed E-state index contributed by atoms with van der Waals surface area (Å²) in [5.74, 6) is -0.910. The van der Waals surface area contributed by atoms with Gasteiger partial charge in [-0.25, -0.2) is 0 Å². The molecule has 2 saturated heterocycles. The summed E-state index contributed by atoms with van der Waals surface area (Å²) in [5.41, 5.74) is 4.23. The summed E-state index contributed by atoms with van der Waals surface area (Å²) >= 11 is 0. The van der Waals surface area contributed by atoms with E-state index in [2.05, 4.69) is 35.6 Å². The van der Waals surface area contributed by atoms with Crippen LogP contribution in [0.15, 0.2) is 30.3 Å². The Morgan fingerprint density at radius 3 is 1.98 bits per heavy atom. The van der Waals surface area contributed by atoms with Gasteiger partial charge in [0.15, 0.2) is 11.5 Å². The van der Waals surface area contributed by atoms with Crippen LogP contribution in [0.5, 0.6) is 11.5 Å². The molecule has 3 aliphatic heterocycles. The minimum absolute atomic E-state index is 0.0519. The first kappa shape index (κ1) is 35.4. The fraction of sp³-hybridized carbons (Fsp3) is 0.588. The van der Waals surface area contributed by atoms with Crippen LogP contribution >= 0.6 is 0 Å². The van der Waals surface area contributed by atoms with Crippen LogP contribution in [-0.4, -0.2) is 135 Å². The molecule has 11 unspecified atom stereocenters. The van der Waals surface area contributed by atoms with Gasteiger partial charge in [-0.2, -0.15) is 0 Å². The largest absolute Gasteiger partial charge is 0.459 e. The van der Waals surface area contributed by atoms with Crippen molar-refractivity contribution in [2.24, 2.45) is 0 Å². The third-order valence-electron chi connectivity index (χ3n) is 10.2. The Balaban J connectivity index is 1.51. The summed E-state index contributed by atoms with van der Waals surface area (Å²) in [5, 5.41) is 68.3. The van der Waals surface area contributed by atoms with Gasteiger partial charge in [0, 0.05) is 31.5 Å². The average Bonchev–Trinajstić information content (AvgIpc) is 3.06. The van der Waals surface area contributed by atoms with E-state index < -0.39 is 86.3 Å². The number of aliphatic hydroxyl groups is 6. The maximum absolute atomic E-state index is 12.2. The Bertz CT molecular complexity index is 1580. The molecule has 6 rings (SSSR count). The first-order valence-electron chi connectivity index (χ1n) is 16.4. The van der Waals surface area contributed by atoms with Crippen molar-refractivity contribution in [3.63, 3.8) is 0 Å². The van der Waals surface area contributed by atoms with Crippen molar-refractivity contribution in [1.29, 1.82) is 0 Å². The van der Waals surface area contributed by atoms with Gasteiger partial charge in [-0.05, 0) is 55.1 Å². The Kier molecular flexibility index (Phi) is 9.94. The zero-order chi connectivity index (χ0) is 35.4. The molecule has 15 nitrogen and oxygen atoms in total. The third-order valence-corrected chi connectivity index (χ3v) is 10.2. The van der Waals surface area contributed by atoms with Gasteiger partial charge in [0.05, 0.1) is 13.2 Å². The zero-order valence-corrected chi connectivity index (χ0v) is 27.8. The highest BCUT2D eigenvalue weighted by Crippen LogP contribution is 2.54. The summed E-state index contributed by atoms with van der Waals surface area (Å²) in [7, 11) is 2.08. The van der Waals surface area contributed by atoms with Gasteiger partial charge in [-0.1, -0.05) is 24.3 Å². The minimum Gasteiger partial charge on any atom is -0.459 e. The fourth-order valence-electron chi connectivity index (χ4n) is 7.61. The van der Waals surface area contributed by atoms with Gasteiger partial charge in [-0.15, -0.1) is 0 Å². The van der Waals surface area contributed by atoms with E-state index in [1.807, 2.05) is 18.2 Å². The first-order valence-corrected chi connectivity index (χ1v) is 16.4. The van der Waals surface area contributed by atoms with E-state index in [0.29, 0.717) is 12.0 Å². The quantitative estimate of drug-likeness (QED) is 0.155. The van der Waals surface area contributed by atoms with Crippen LogP contribution in [0.25, 0.3) is 11.1 Å². The molecule has 1 aliphatic carbocycles. The number of nitrogens with one attached hydrogen (secondary N) is 2. The number of ether oxygens (including phenoxy) is 4. The van der Waals surface area contributed by atoms with Gasteiger partial charge >= 0.3 is 0 Å². The SMILES string of the molecule is CC(=O)NC1C(Oc2ccc3c(c2OC2OC(CO)C(O)C(O)C2NC(C)=O)-c2cccc4c2C(C)(C3)N(C)CC4)OC(CO)C(O)C1O. The van der Waals surface area contributed by atoms with Crippen molar-refractivity contribution in [2.75, 3.05) is 26.8 Å². The monoisotopic (exact) mass is 687 g/mol. The second-order valence-electron chi connectivity index (χ2n) is 13.5. The molecule has 4 aliphatic rings. The topological polar surface area (TPSA) is 220 Å². The lowest BCUT2D eigenvalue weighted by Crippen LogP contribution is -2.65. The van der Waals surface area contributed by atoms with Crippen molar-refractivity contribution >= 4 is 11.8 Å². The van der Waals surface area contributed by atoms with Gasteiger partial charge in [-0.3, -0.25) is 14.5 Å². The van der Waals surface area contributed by atoms with Crippen LogP contribution in [0, 0.1) is 0 Å². The summed E-state index contributed by atoms with van der Waals surface area (Å²) in [4.78, 5) is 26.7. The number of carbonyl (C=O) groups is 2. The Morgan fingerprint density at radius 1 is 0.857 bits per heavy atom. The van der Waals surface area contributed by atoms with Gasteiger partial charge in [0.25, 0.3) is 0 Å². The molecule has 0 aromatic heterocycles.